The van der Waals surface area contributed by atoms with Gasteiger partial charge in [0.05, 0.1) is 5.52 Å². The summed E-state index contributed by atoms with van der Waals surface area (Å²) in [7, 11) is 0. The Morgan fingerprint density at radius 2 is 2.14 bits per heavy atom. The zero-order valence-electron chi connectivity index (χ0n) is 7.98. The third-order valence-corrected chi connectivity index (χ3v) is 3.22. The molecule has 0 unspecified atom stereocenters. The van der Waals surface area contributed by atoms with E-state index in [4.69, 9.17) is 5.73 Å². The second-order valence-electron chi connectivity index (χ2n) is 4.13. The number of aromatic nitrogens is 2. The molecule has 0 radical (unpaired) electrons. The standard InChI is InChI=1S/C11H13N3/c12-11(5-1-6-11)9-2-3-10-4-7-13-14(10)8-9/h2-4,7-8H,1,5-6,12H2. The van der Waals surface area contributed by atoms with Crippen LogP contribution in [0.3, 0.4) is 0 Å². The summed E-state index contributed by atoms with van der Waals surface area (Å²) in [5.74, 6) is 0. The Morgan fingerprint density at radius 1 is 1.29 bits per heavy atom. The van der Waals surface area contributed by atoms with Crippen molar-refractivity contribution in [1.29, 1.82) is 0 Å². The molecule has 2 aromatic rings. The molecule has 3 rings (SSSR count). The van der Waals surface area contributed by atoms with E-state index >= 15 is 0 Å². The maximum absolute atomic E-state index is 6.24. The Labute approximate surface area is 82.5 Å². The topological polar surface area (TPSA) is 43.3 Å². The van der Waals surface area contributed by atoms with Crippen LogP contribution in [0.2, 0.25) is 0 Å². The maximum atomic E-state index is 6.24. The molecule has 0 spiro atoms. The van der Waals surface area contributed by atoms with E-state index < -0.39 is 0 Å². The van der Waals surface area contributed by atoms with Crippen LogP contribution in [0.4, 0.5) is 0 Å². The van der Waals surface area contributed by atoms with Crippen LogP contribution in [0, 0.1) is 0 Å². The van der Waals surface area contributed by atoms with Crippen molar-refractivity contribution in [2.24, 2.45) is 5.73 Å². The number of hydrogen-bond acceptors (Lipinski definition) is 2. The summed E-state index contributed by atoms with van der Waals surface area (Å²) < 4.78 is 1.89. The molecule has 2 aromatic heterocycles. The summed E-state index contributed by atoms with van der Waals surface area (Å²) >= 11 is 0. The second kappa shape index (κ2) is 2.58. The van der Waals surface area contributed by atoms with Gasteiger partial charge in [-0.1, -0.05) is 6.07 Å². The molecule has 3 nitrogen and oxygen atoms in total. The van der Waals surface area contributed by atoms with Gasteiger partial charge in [0.2, 0.25) is 0 Å². The normalized spacial score (nSPS) is 19.5. The number of hydrogen-bond donors (Lipinski definition) is 1. The summed E-state index contributed by atoms with van der Waals surface area (Å²) in [6, 6.07) is 6.19. The number of nitrogens with zero attached hydrogens (tertiary/aromatic N) is 2. The second-order valence-corrected chi connectivity index (χ2v) is 4.13. The lowest BCUT2D eigenvalue weighted by Crippen LogP contribution is -2.43. The van der Waals surface area contributed by atoms with Crippen molar-refractivity contribution >= 4 is 5.52 Å². The van der Waals surface area contributed by atoms with Crippen molar-refractivity contribution in [1.82, 2.24) is 9.61 Å². The first-order chi connectivity index (χ1) is 6.78. The van der Waals surface area contributed by atoms with Crippen LogP contribution in [0.15, 0.2) is 30.6 Å². The fourth-order valence-electron chi connectivity index (χ4n) is 2.06. The molecule has 1 aliphatic rings. The van der Waals surface area contributed by atoms with E-state index in [9.17, 15) is 0 Å². The Balaban J connectivity index is 2.13. The zero-order valence-corrected chi connectivity index (χ0v) is 7.98. The molecule has 1 aliphatic carbocycles. The molecule has 0 aliphatic heterocycles. The van der Waals surface area contributed by atoms with Crippen LogP contribution in [0.1, 0.15) is 24.8 Å². The van der Waals surface area contributed by atoms with Crippen molar-refractivity contribution in [2.75, 3.05) is 0 Å². The van der Waals surface area contributed by atoms with E-state index in [0.29, 0.717) is 0 Å². The van der Waals surface area contributed by atoms with Crippen LogP contribution in [0.25, 0.3) is 5.52 Å². The molecular formula is C11H13N3. The van der Waals surface area contributed by atoms with Gasteiger partial charge >= 0.3 is 0 Å². The van der Waals surface area contributed by atoms with Crippen molar-refractivity contribution in [2.45, 2.75) is 24.8 Å². The third-order valence-electron chi connectivity index (χ3n) is 3.22. The van der Waals surface area contributed by atoms with Gasteiger partial charge < -0.3 is 5.73 Å². The van der Waals surface area contributed by atoms with Gasteiger partial charge in [-0.15, -0.1) is 0 Å². The van der Waals surface area contributed by atoms with Gasteiger partial charge in [0.25, 0.3) is 0 Å². The smallest absolute Gasteiger partial charge is 0.0661 e. The Kier molecular flexibility index (Phi) is 1.47. The SMILES string of the molecule is NC1(c2ccc3ccnn3c2)CCC1. The van der Waals surface area contributed by atoms with E-state index in [-0.39, 0.29) is 5.54 Å². The van der Waals surface area contributed by atoms with Crippen LogP contribution < -0.4 is 5.73 Å². The van der Waals surface area contributed by atoms with Crippen molar-refractivity contribution in [3.05, 3.63) is 36.2 Å². The lowest BCUT2D eigenvalue weighted by Gasteiger charge is -2.38. The molecule has 1 fully saturated rings. The lowest BCUT2D eigenvalue weighted by molar-refractivity contribution is 0.252. The van der Waals surface area contributed by atoms with Crippen LogP contribution >= 0.6 is 0 Å². The quantitative estimate of drug-likeness (QED) is 0.738. The average molecular weight is 187 g/mol. The first-order valence-corrected chi connectivity index (χ1v) is 5.01. The predicted octanol–water partition coefficient (Wildman–Crippen LogP) is 1.67. The fourth-order valence-corrected chi connectivity index (χ4v) is 2.06. The minimum Gasteiger partial charge on any atom is -0.321 e. The Hall–Kier alpha value is -1.35. The predicted molar refractivity (Wildman–Crippen MR) is 54.9 cm³/mol. The van der Waals surface area contributed by atoms with E-state index in [1.54, 1.807) is 0 Å². The minimum absolute atomic E-state index is 0.0832. The number of pyridine rings is 1. The Morgan fingerprint density at radius 3 is 2.86 bits per heavy atom. The van der Waals surface area contributed by atoms with E-state index in [1.165, 1.54) is 12.0 Å². The summed E-state index contributed by atoms with van der Waals surface area (Å²) in [5, 5.41) is 4.21. The van der Waals surface area contributed by atoms with Gasteiger partial charge in [-0.3, -0.25) is 0 Å². The molecule has 0 atom stereocenters. The van der Waals surface area contributed by atoms with Gasteiger partial charge in [0, 0.05) is 17.9 Å². The third kappa shape index (κ3) is 0.990. The lowest BCUT2D eigenvalue weighted by atomic mass is 9.73. The summed E-state index contributed by atoms with van der Waals surface area (Å²) in [5.41, 5.74) is 8.49. The molecular weight excluding hydrogens is 174 g/mol. The molecule has 3 heteroatoms. The highest BCUT2D eigenvalue weighted by Crippen LogP contribution is 2.38. The molecule has 2 N–H and O–H groups in total. The van der Waals surface area contributed by atoms with E-state index in [2.05, 4.69) is 23.4 Å². The molecule has 14 heavy (non-hydrogen) atoms. The molecule has 0 saturated heterocycles. The number of fused-ring (bicyclic) bond motifs is 1. The van der Waals surface area contributed by atoms with Crippen LogP contribution in [0.5, 0.6) is 0 Å². The van der Waals surface area contributed by atoms with Crippen molar-refractivity contribution in [3.63, 3.8) is 0 Å². The van der Waals surface area contributed by atoms with Crippen LogP contribution in [-0.4, -0.2) is 9.61 Å². The highest BCUT2D eigenvalue weighted by molar-refractivity contribution is 5.47. The fraction of sp³-hybridized carbons (Fsp3) is 0.364. The van der Waals surface area contributed by atoms with Crippen molar-refractivity contribution < 1.29 is 0 Å². The highest BCUT2D eigenvalue weighted by Gasteiger charge is 2.34. The largest absolute Gasteiger partial charge is 0.321 e. The molecule has 0 amide bonds. The van der Waals surface area contributed by atoms with Gasteiger partial charge in [-0.2, -0.15) is 5.10 Å². The number of rotatable bonds is 1. The van der Waals surface area contributed by atoms with E-state index in [0.717, 1.165) is 18.4 Å². The maximum Gasteiger partial charge on any atom is 0.0661 e. The monoisotopic (exact) mass is 187 g/mol. The average Bonchev–Trinajstić information content (AvgIpc) is 2.60. The van der Waals surface area contributed by atoms with E-state index in [1.807, 2.05) is 16.8 Å². The van der Waals surface area contributed by atoms with Crippen LogP contribution in [-0.2, 0) is 5.54 Å². The van der Waals surface area contributed by atoms with Gasteiger partial charge in [-0.25, -0.2) is 4.52 Å². The molecule has 0 aromatic carbocycles. The summed E-state index contributed by atoms with van der Waals surface area (Å²) in [4.78, 5) is 0. The number of nitrogens with two attached hydrogens (primary N) is 1. The molecule has 72 valence electrons. The summed E-state index contributed by atoms with van der Waals surface area (Å²) in [6.45, 7) is 0. The highest BCUT2D eigenvalue weighted by atomic mass is 15.2. The van der Waals surface area contributed by atoms with Gasteiger partial charge in [0.15, 0.2) is 0 Å². The minimum atomic E-state index is -0.0832. The Bertz CT molecular complexity index is 468. The molecule has 2 heterocycles. The first kappa shape index (κ1) is 8.00. The molecule has 0 bridgehead atoms. The molecule has 1 saturated carbocycles. The summed E-state index contributed by atoms with van der Waals surface area (Å²) in [6.07, 6.45) is 7.30. The van der Waals surface area contributed by atoms with Crippen molar-refractivity contribution in [3.8, 4) is 0 Å². The first-order valence-electron chi connectivity index (χ1n) is 5.01. The van der Waals surface area contributed by atoms with Gasteiger partial charge in [-0.05, 0) is 37.0 Å². The zero-order chi connectivity index (χ0) is 9.60. The van der Waals surface area contributed by atoms with Gasteiger partial charge in [0.1, 0.15) is 0 Å².